The Labute approximate surface area is 139 Å². The smallest absolute Gasteiger partial charge is 0.131 e. The molecule has 3 aromatic rings. The summed E-state index contributed by atoms with van der Waals surface area (Å²) in [4.78, 5) is 0. The van der Waals surface area contributed by atoms with Crippen molar-refractivity contribution in [1.29, 1.82) is 0 Å². The summed E-state index contributed by atoms with van der Waals surface area (Å²) in [5, 5.41) is 0. The van der Waals surface area contributed by atoms with Gasteiger partial charge in [0.25, 0.3) is 0 Å². The van der Waals surface area contributed by atoms with Gasteiger partial charge in [-0.05, 0) is 48.7 Å². The molecule has 2 heteroatoms. The number of ether oxygens (including phenoxy) is 1. The first kappa shape index (κ1) is 14.9. The van der Waals surface area contributed by atoms with Crippen molar-refractivity contribution in [2.75, 3.05) is 0 Å². The summed E-state index contributed by atoms with van der Waals surface area (Å²) in [7, 11) is 0. The fourth-order valence-corrected chi connectivity index (χ4v) is 2.74. The van der Waals surface area contributed by atoms with Gasteiger partial charge in [0.15, 0.2) is 0 Å². The summed E-state index contributed by atoms with van der Waals surface area (Å²) in [6.45, 7) is 4.14. The molecule has 0 radical (unpaired) electrons. The van der Waals surface area contributed by atoms with Gasteiger partial charge in [-0.15, -0.1) is 0 Å². The molecular formula is C20H17BrO. The molecule has 0 bridgehead atoms. The van der Waals surface area contributed by atoms with E-state index in [1.54, 1.807) is 0 Å². The third-order valence-electron chi connectivity index (χ3n) is 3.70. The Morgan fingerprint density at radius 3 is 2.27 bits per heavy atom. The Hall–Kier alpha value is -2.06. The van der Waals surface area contributed by atoms with Gasteiger partial charge in [0.05, 0.1) is 0 Å². The Morgan fingerprint density at radius 2 is 1.50 bits per heavy atom. The van der Waals surface area contributed by atoms with Crippen LogP contribution >= 0.6 is 15.9 Å². The summed E-state index contributed by atoms with van der Waals surface area (Å²) in [6, 6.07) is 22.6. The standard InChI is InChI=1S/C20H17BrO/c1-14-11-12-19(15(2)20(14)21)22-18-10-6-9-17(13-18)16-7-4-3-5-8-16/h3-13H,1-2H3. The SMILES string of the molecule is Cc1ccc(Oc2cccc(-c3ccccc3)c2)c(C)c1Br. The van der Waals surface area contributed by atoms with Crippen LogP contribution in [0.4, 0.5) is 0 Å². The first-order chi connectivity index (χ1) is 10.6. The lowest BCUT2D eigenvalue weighted by Gasteiger charge is -2.12. The van der Waals surface area contributed by atoms with E-state index in [2.05, 4.69) is 60.1 Å². The molecule has 0 amide bonds. The van der Waals surface area contributed by atoms with Crippen molar-refractivity contribution < 1.29 is 4.74 Å². The maximum Gasteiger partial charge on any atom is 0.131 e. The highest BCUT2D eigenvalue weighted by molar-refractivity contribution is 9.10. The molecule has 0 aliphatic rings. The van der Waals surface area contributed by atoms with Crippen molar-refractivity contribution in [3.8, 4) is 22.6 Å². The topological polar surface area (TPSA) is 9.23 Å². The van der Waals surface area contributed by atoms with E-state index in [4.69, 9.17) is 4.74 Å². The van der Waals surface area contributed by atoms with Gasteiger partial charge in [-0.3, -0.25) is 0 Å². The predicted molar refractivity (Wildman–Crippen MR) is 95.6 cm³/mol. The van der Waals surface area contributed by atoms with E-state index < -0.39 is 0 Å². The molecular weight excluding hydrogens is 336 g/mol. The van der Waals surface area contributed by atoms with Crippen LogP contribution in [0.25, 0.3) is 11.1 Å². The zero-order valence-corrected chi connectivity index (χ0v) is 14.2. The molecule has 0 fully saturated rings. The fraction of sp³-hybridized carbons (Fsp3) is 0.100. The van der Waals surface area contributed by atoms with Gasteiger partial charge >= 0.3 is 0 Å². The monoisotopic (exact) mass is 352 g/mol. The second-order valence-electron chi connectivity index (χ2n) is 5.32. The maximum atomic E-state index is 6.08. The van der Waals surface area contributed by atoms with Crippen molar-refractivity contribution >= 4 is 15.9 Å². The number of hydrogen-bond donors (Lipinski definition) is 0. The van der Waals surface area contributed by atoms with E-state index in [-0.39, 0.29) is 0 Å². The minimum atomic E-state index is 0.847. The molecule has 110 valence electrons. The largest absolute Gasteiger partial charge is 0.457 e. The van der Waals surface area contributed by atoms with Crippen LogP contribution in [0.1, 0.15) is 11.1 Å². The maximum absolute atomic E-state index is 6.08. The van der Waals surface area contributed by atoms with Crippen LogP contribution in [0, 0.1) is 13.8 Å². The van der Waals surface area contributed by atoms with Crippen LogP contribution in [-0.4, -0.2) is 0 Å². The molecule has 22 heavy (non-hydrogen) atoms. The second-order valence-corrected chi connectivity index (χ2v) is 6.11. The number of rotatable bonds is 3. The van der Waals surface area contributed by atoms with Crippen LogP contribution in [0.3, 0.4) is 0 Å². The molecule has 0 atom stereocenters. The van der Waals surface area contributed by atoms with Gasteiger partial charge in [0, 0.05) is 10.0 Å². The van der Waals surface area contributed by atoms with Crippen molar-refractivity contribution in [2.24, 2.45) is 0 Å². The van der Waals surface area contributed by atoms with Gasteiger partial charge in [-0.2, -0.15) is 0 Å². The highest BCUT2D eigenvalue weighted by Crippen LogP contribution is 2.33. The van der Waals surface area contributed by atoms with Gasteiger partial charge < -0.3 is 4.74 Å². The van der Waals surface area contributed by atoms with Crippen LogP contribution in [-0.2, 0) is 0 Å². The molecule has 0 saturated heterocycles. The van der Waals surface area contributed by atoms with Crippen LogP contribution in [0.5, 0.6) is 11.5 Å². The summed E-state index contributed by atoms with van der Waals surface area (Å²) in [5.74, 6) is 1.72. The summed E-state index contributed by atoms with van der Waals surface area (Å²) < 4.78 is 7.18. The average Bonchev–Trinajstić information content (AvgIpc) is 2.57. The van der Waals surface area contributed by atoms with Crippen molar-refractivity contribution in [3.05, 3.63) is 82.3 Å². The minimum Gasteiger partial charge on any atom is -0.457 e. The molecule has 0 heterocycles. The number of hydrogen-bond acceptors (Lipinski definition) is 1. The second kappa shape index (κ2) is 6.37. The summed E-state index contributed by atoms with van der Waals surface area (Å²) >= 11 is 3.61. The third-order valence-corrected chi connectivity index (χ3v) is 4.92. The number of halogens is 1. The molecule has 3 aromatic carbocycles. The summed E-state index contributed by atoms with van der Waals surface area (Å²) in [6.07, 6.45) is 0. The van der Waals surface area contributed by atoms with E-state index in [0.29, 0.717) is 0 Å². The number of aryl methyl sites for hydroxylation is 1. The molecule has 0 saturated carbocycles. The normalized spacial score (nSPS) is 10.5. The quantitative estimate of drug-likeness (QED) is 0.520. The fourth-order valence-electron chi connectivity index (χ4n) is 2.41. The predicted octanol–water partition coefficient (Wildman–Crippen LogP) is 6.53. The Kier molecular flexibility index (Phi) is 4.30. The van der Waals surface area contributed by atoms with E-state index in [0.717, 1.165) is 27.1 Å². The van der Waals surface area contributed by atoms with E-state index >= 15 is 0 Å². The first-order valence-electron chi connectivity index (χ1n) is 7.24. The highest BCUT2D eigenvalue weighted by Gasteiger charge is 2.08. The minimum absolute atomic E-state index is 0.847. The molecule has 0 aliphatic carbocycles. The van der Waals surface area contributed by atoms with Gasteiger partial charge in [0.2, 0.25) is 0 Å². The van der Waals surface area contributed by atoms with Gasteiger partial charge in [0.1, 0.15) is 11.5 Å². The lowest BCUT2D eigenvalue weighted by Crippen LogP contribution is -1.90. The lowest BCUT2D eigenvalue weighted by molar-refractivity contribution is 0.478. The van der Waals surface area contributed by atoms with E-state index in [1.165, 1.54) is 11.1 Å². The molecule has 0 aromatic heterocycles. The molecule has 0 aliphatic heterocycles. The Balaban J connectivity index is 1.93. The van der Waals surface area contributed by atoms with E-state index in [1.807, 2.05) is 36.4 Å². The Bertz CT molecular complexity index is 794. The van der Waals surface area contributed by atoms with Crippen molar-refractivity contribution in [2.45, 2.75) is 13.8 Å². The van der Waals surface area contributed by atoms with Crippen LogP contribution < -0.4 is 4.74 Å². The average molecular weight is 353 g/mol. The highest BCUT2D eigenvalue weighted by atomic mass is 79.9. The summed E-state index contributed by atoms with van der Waals surface area (Å²) in [5.41, 5.74) is 4.67. The van der Waals surface area contributed by atoms with Crippen LogP contribution in [0.2, 0.25) is 0 Å². The molecule has 0 spiro atoms. The molecule has 0 N–H and O–H groups in total. The Morgan fingerprint density at radius 1 is 0.773 bits per heavy atom. The van der Waals surface area contributed by atoms with Gasteiger partial charge in [-0.25, -0.2) is 0 Å². The number of benzene rings is 3. The van der Waals surface area contributed by atoms with Gasteiger partial charge in [-0.1, -0.05) is 64.5 Å². The zero-order valence-electron chi connectivity index (χ0n) is 12.6. The first-order valence-corrected chi connectivity index (χ1v) is 8.03. The van der Waals surface area contributed by atoms with E-state index in [9.17, 15) is 0 Å². The van der Waals surface area contributed by atoms with Crippen molar-refractivity contribution in [3.63, 3.8) is 0 Å². The third kappa shape index (κ3) is 3.07. The molecule has 0 unspecified atom stereocenters. The zero-order chi connectivity index (χ0) is 15.5. The molecule has 3 rings (SSSR count). The molecule has 1 nitrogen and oxygen atoms in total. The van der Waals surface area contributed by atoms with Crippen molar-refractivity contribution in [1.82, 2.24) is 0 Å². The lowest BCUT2D eigenvalue weighted by atomic mass is 10.1. The van der Waals surface area contributed by atoms with Crippen LogP contribution in [0.15, 0.2) is 71.2 Å².